The Balaban J connectivity index is 1.27. The van der Waals surface area contributed by atoms with Crippen molar-refractivity contribution in [3.8, 4) is 22.3 Å². The number of para-hydroxylation sites is 2. The van der Waals surface area contributed by atoms with Gasteiger partial charge in [-0.05, 0) is 75.5 Å². The molecule has 0 atom stereocenters. The zero-order valence-corrected chi connectivity index (χ0v) is 25.1. The molecule has 0 aliphatic heterocycles. The van der Waals surface area contributed by atoms with Gasteiger partial charge in [-0.1, -0.05) is 133 Å². The van der Waals surface area contributed by atoms with E-state index in [4.69, 9.17) is 4.42 Å². The second kappa shape index (κ2) is 10.8. The van der Waals surface area contributed by atoms with E-state index in [1.54, 1.807) is 0 Å². The van der Waals surface area contributed by atoms with Crippen LogP contribution in [0.5, 0.6) is 0 Å². The minimum absolute atomic E-state index is 0.910. The Labute approximate surface area is 267 Å². The average molecular weight is 588 g/mol. The van der Waals surface area contributed by atoms with Gasteiger partial charge < -0.3 is 9.32 Å². The summed E-state index contributed by atoms with van der Waals surface area (Å²) < 4.78 is 6.30. The molecule has 0 spiro atoms. The summed E-state index contributed by atoms with van der Waals surface area (Å²) in [5.41, 5.74) is 9.96. The molecule has 0 bridgehead atoms. The third-order valence-corrected chi connectivity index (χ3v) is 9.04. The van der Waals surface area contributed by atoms with E-state index in [1.807, 2.05) is 6.07 Å². The van der Waals surface area contributed by atoms with Crippen LogP contribution in [0.15, 0.2) is 180 Å². The van der Waals surface area contributed by atoms with Crippen molar-refractivity contribution in [1.29, 1.82) is 0 Å². The van der Waals surface area contributed by atoms with Crippen molar-refractivity contribution in [2.45, 2.75) is 0 Å². The number of benzene rings is 8. The first kappa shape index (κ1) is 26.3. The monoisotopic (exact) mass is 587 g/mol. The highest BCUT2D eigenvalue weighted by atomic mass is 16.3. The molecule has 0 saturated carbocycles. The highest BCUT2D eigenvalue weighted by Gasteiger charge is 2.19. The van der Waals surface area contributed by atoms with Gasteiger partial charge in [0.2, 0.25) is 0 Å². The number of fused-ring (bicyclic) bond motifs is 6. The summed E-state index contributed by atoms with van der Waals surface area (Å²) in [7, 11) is 0. The molecule has 9 aromatic rings. The van der Waals surface area contributed by atoms with Gasteiger partial charge in [-0.25, -0.2) is 0 Å². The second-order valence-corrected chi connectivity index (χ2v) is 11.7. The Bertz CT molecular complexity index is 2530. The maximum Gasteiger partial charge on any atom is 0.136 e. The molecule has 0 radical (unpaired) electrons. The van der Waals surface area contributed by atoms with Crippen LogP contribution in [0.1, 0.15) is 0 Å². The molecule has 2 nitrogen and oxygen atoms in total. The molecular weight excluding hydrogens is 558 g/mol. The first-order chi connectivity index (χ1) is 22.8. The van der Waals surface area contributed by atoms with Crippen LogP contribution in [0.25, 0.3) is 65.7 Å². The standard InChI is InChI=1S/C44H29NO/c1-3-13-30(14-4-1)35-26-27-40(38-21-8-7-20-37(35)38)45(33-17-5-2-6-18-33)34-19-11-16-32(29-34)36-23-12-15-31-25-28-42-44(43(31)36)39-22-9-10-24-41(39)46-42/h1-29H. The highest BCUT2D eigenvalue weighted by Crippen LogP contribution is 2.44. The molecule has 2 heteroatoms. The van der Waals surface area contributed by atoms with Crippen molar-refractivity contribution < 1.29 is 4.42 Å². The summed E-state index contributed by atoms with van der Waals surface area (Å²) in [5, 5.41) is 7.15. The van der Waals surface area contributed by atoms with Gasteiger partial charge in [-0.3, -0.25) is 0 Å². The number of hydrogen-bond donors (Lipinski definition) is 0. The SMILES string of the molecule is c1ccc(-c2ccc(N(c3ccccc3)c3cccc(-c4cccc5ccc6oc7ccccc7c6c45)c3)c3ccccc23)cc1. The smallest absolute Gasteiger partial charge is 0.136 e. The van der Waals surface area contributed by atoms with Crippen LogP contribution in [0.3, 0.4) is 0 Å². The fourth-order valence-corrected chi connectivity index (χ4v) is 7.00. The van der Waals surface area contributed by atoms with Crippen LogP contribution in [-0.4, -0.2) is 0 Å². The molecule has 216 valence electrons. The fraction of sp³-hybridized carbons (Fsp3) is 0. The maximum absolute atomic E-state index is 6.30. The van der Waals surface area contributed by atoms with Crippen molar-refractivity contribution in [1.82, 2.24) is 0 Å². The number of rotatable bonds is 5. The molecule has 0 N–H and O–H groups in total. The number of hydrogen-bond acceptors (Lipinski definition) is 2. The normalized spacial score (nSPS) is 11.5. The Morgan fingerprint density at radius 2 is 1.04 bits per heavy atom. The molecular formula is C44H29NO. The minimum atomic E-state index is 0.910. The largest absolute Gasteiger partial charge is 0.456 e. The summed E-state index contributed by atoms with van der Waals surface area (Å²) >= 11 is 0. The van der Waals surface area contributed by atoms with E-state index in [2.05, 4.69) is 175 Å². The molecule has 0 unspecified atom stereocenters. The number of anilines is 3. The van der Waals surface area contributed by atoms with Crippen LogP contribution in [-0.2, 0) is 0 Å². The van der Waals surface area contributed by atoms with Crippen LogP contribution < -0.4 is 4.90 Å². The average Bonchev–Trinajstić information content (AvgIpc) is 3.52. The van der Waals surface area contributed by atoms with E-state index in [1.165, 1.54) is 38.2 Å². The van der Waals surface area contributed by atoms with Crippen LogP contribution >= 0.6 is 0 Å². The molecule has 1 heterocycles. The Morgan fingerprint density at radius 1 is 0.370 bits per heavy atom. The topological polar surface area (TPSA) is 16.4 Å². The number of furan rings is 1. The zero-order chi connectivity index (χ0) is 30.5. The van der Waals surface area contributed by atoms with Gasteiger partial charge in [0.1, 0.15) is 11.2 Å². The van der Waals surface area contributed by atoms with E-state index >= 15 is 0 Å². The molecule has 0 amide bonds. The molecule has 8 aromatic carbocycles. The Hall–Kier alpha value is -6.12. The number of nitrogens with zero attached hydrogens (tertiary/aromatic N) is 1. The maximum atomic E-state index is 6.30. The molecule has 0 aliphatic carbocycles. The van der Waals surface area contributed by atoms with Gasteiger partial charge in [-0.2, -0.15) is 0 Å². The third kappa shape index (κ3) is 4.27. The van der Waals surface area contributed by atoms with Gasteiger partial charge >= 0.3 is 0 Å². The van der Waals surface area contributed by atoms with Crippen molar-refractivity contribution in [3.05, 3.63) is 176 Å². The quantitative estimate of drug-likeness (QED) is 0.199. The van der Waals surface area contributed by atoms with Crippen molar-refractivity contribution in [2.24, 2.45) is 0 Å². The Kier molecular flexibility index (Phi) is 6.17. The molecule has 46 heavy (non-hydrogen) atoms. The lowest BCUT2D eigenvalue weighted by Crippen LogP contribution is -2.10. The minimum Gasteiger partial charge on any atom is -0.456 e. The summed E-state index contributed by atoms with van der Waals surface area (Å²) in [6.45, 7) is 0. The van der Waals surface area contributed by atoms with Gasteiger partial charge in [0.25, 0.3) is 0 Å². The van der Waals surface area contributed by atoms with Crippen LogP contribution in [0.2, 0.25) is 0 Å². The predicted octanol–water partition coefficient (Wildman–Crippen LogP) is 12.7. The van der Waals surface area contributed by atoms with E-state index in [0.717, 1.165) is 44.6 Å². The first-order valence-corrected chi connectivity index (χ1v) is 15.7. The summed E-state index contributed by atoms with van der Waals surface area (Å²) in [6, 6.07) is 62.7. The van der Waals surface area contributed by atoms with Gasteiger partial charge in [0.05, 0.1) is 5.69 Å². The fourth-order valence-electron chi connectivity index (χ4n) is 7.00. The van der Waals surface area contributed by atoms with E-state index in [0.29, 0.717) is 0 Å². The van der Waals surface area contributed by atoms with E-state index in [9.17, 15) is 0 Å². The zero-order valence-electron chi connectivity index (χ0n) is 25.1. The second-order valence-electron chi connectivity index (χ2n) is 11.7. The molecule has 0 aliphatic rings. The Morgan fingerprint density at radius 3 is 1.89 bits per heavy atom. The van der Waals surface area contributed by atoms with Crippen molar-refractivity contribution in [3.63, 3.8) is 0 Å². The van der Waals surface area contributed by atoms with Crippen molar-refractivity contribution >= 4 is 60.5 Å². The summed E-state index contributed by atoms with van der Waals surface area (Å²) in [4.78, 5) is 2.38. The lowest BCUT2D eigenvalue weighted by atomic mass is 9.94. The first-order valence-electron chi connectivity index (χ1n) is 15.7. The van der Waals surface area contributed by atoms with Crippen molar-refractivity contribution in [2.75, 3.05) is 4.90 Å². The van der Waals surface area contributed by atoms with Crippen LogP contribution in [0.4, 0.5) is 17.1 Å². The lowest BCUT2D eigenvalue weighted by molar-refractivity contribution is 0.669. The van der Waals surface area contributed by atoms with E-state index in [-0.39, 0.29) is 0 Å². The van der Waals surface area contributed by atoms with E-state index < -0.39 is 0 Å². The third-order valence-electron chi connectivity index (χ3n) is 9.04. The van der Waals surface area contributed by atoms with Gasteiger partial charge in [0.15, 0.2) is 0 Å². The highest BCUT2D eigenvalue weighted by molar-refractivity contribution is 6.23. The van der Waals surface area contributed by atoms with Crippen LogP contribution in [0, 0.1) is 0 Å². The molecule has 9 rings (SSSR count). The molecule has 0 saturated heterocycles. The summed E-state index contributed by atoms with van der Waals surface area (Å²) in [5.74, 6) is 0. The summed E-state index contributed by atoms with van der Waals surface area (Å²) in [6.07, 6.45) is 0. The predicted molar refractivity (Wildman–Crippen MR) is 194 cm³/mol. The molecule has 1 aromatic heterocycles. The van der Waals surface area contributed by atoms with Gasteiger partial charge in [0, 0.05) is 32.9 Å². The lowest BCUT2D eigenvalue weighted by Gasteiger charge is -2.28. The van der Waals surface area contributed by atoms with Gasteiger partial charge in [-0.15, -0.1) is 0 Å². The molecule has 0 fully saturated rings.